The van der Waals surface area contributed by atoms with Gasteiger partial charge in [-0.05, 0) is 43.5 Å². The van der Waals surface area contributed by atoms with Gasteiger partial charge in [0, 0.05) is 0 Å². The molecule has 0 heterocycles. The van der Waals surface area contributed by atoms with Crippen LogP contribution in [0.1, 0.15) is 24.8 Å². The van der Waals surface area contributed by atoms with E-state index in [0.717, 1.165) is 5.56 Å². The lowest BCUT2D eigenvalue weighted by Crippen LogP contribution is -2.17. The number of hydrogen-bond acceptors (Lipinski definition) is 2. The molecular weight excluding hydrogens is 181 g/mol. The molecule has 0 spiro atoms. The van der Waals surface area contributed by atoms with Crippen LogP contribution < -0.4 is 5.73 Å². The first-order chi connectivity index (χ1) is 6.63. The molecule has 0 bridgehead atoms. The third-order valence-electron chi connectivity index (χ3n) is 2.23. The molecular formula is C11H16FNO. The molecule has 1 aromatic rings. The van der Waals surface area contributed by atoms with Gasteiger partial charge in [-0.15, -0.1) is 0 Å². The van der Waals surface area contributed by atoms with E-state index in [4.69, 9.17) is 5.73 Å². The van der Waals surface area contributed by atoms with E-state index < -0.39 is 6.10 Å². The summed E-state index contributed by atoms with van der Waals surface area (Å²) in [6.45, 7) is 2.14. The van der Waals surface area contributed by atoms with Gasteiger partial charge in [-0.3, -0.25) is 0 Å². The van der Waals surface area contributed by atoms with E-state index in [1.807, 2.05) is 6.07 Å². The predicted octanol–water partition coefficient (Wildman–Crippen LogP) is 1.64. The molecule has 0 aliphatic rings. The Balaban J connectivity index is 2.78. The Morgan fingerprint density at radius 1 is 1.50 bits per heavy atom. The molecule has 2 nitrogen and oxygen atoms in total. The van der Waals surface area contributed by atoms with Crippen molar-refractivity contribution in [1.29, 1.82) is 0 Å². The minimum Gasteiger partial charge on any atom is -0.393 e. The quantitative estimate of drug-likeness (QED) is 0.770. The zero-order chi connectivity index (χ0) is 10.6. The first kappa shape index (κ1) is 11.1. The average molecular weight is 197 g/mol. The zero-order valence-corrected chi connectivity index (χ0v) is 8.28. The van der Waals surface area contributed by atoms with Crippen LogP contribution in [-0.2, 0) is 0 Å². The van der Waals surface area contributed by atoms with Crippen molar-refractivity contribution in [2.45, 2.75) is 25.4 Å². The fourth-order valence-electron chi connectivity index (χ4n) is 1.54. The van der Waals surface area contributed by atoms with Crippen LogP contribution in [0.25, 0.3) is 0 Å². The number of benzene rings is 1. The van der Waals surface area contributed by atoms with Gasteiger partial charge in [0.2, 0.25) is 0 Å². The second-order valence-corrected chi connectivity index (χ2v) is 3.57. The molecule has 2 unspecified atom stereocenters. The summed E-state index contributed by atoms with van der Waals surface area (Å²) in [5.74, 6) is -0.225. The standard InChI is InChI=1S/C11H16FNO/c1-8(14)5-10(7-13)9-3-2-4-11(12)6-9/h2-4,6,8,10,14H,5,7,13H2,1H3. The van der Waals surface area contributed by atoms with Crippen LogP contribution in [0.15, 0.2) is 24.3 Å². The molecule has 1 rings (SSSR count). The van der Waals surface area contributed by atoms with E-state index >= 15 is 0 Å². The monoisotopic (exact) mass is 197 g/mol. The maximum atomic E-state index is 12.9. The van der Waals surface area contributed by atoms with Gasteiger partial charge >= 0.3 is 0 Å². The van der Waals surface area contributed by atoms with E-state index in [9.17, 15) is 9.50 Å². The molecule has 0 aromatic heterocycles. The van der Waals surface area contributed by atoms with Crippen LogP contribution in [0.3, 0.4) is 0 Å². The Kier molecular flexibility index (Phi) is 4.04. The molecule has 0 saturated carbocycles. The molecule has 0 aliphatic heterocycles. The lowest BCUT2D eigenvalue weighted by atomic mass is 9.93. The molecule has 0 aliphatic carbocycles. The van der Waals surface area contributed by atoms with Gasteiger partial charge in [-0.25, -0.2) is 4.39 Å². The zero-order valence-electron chi connectivity index (χ0n) is 8.28. The maximum Gasteiger partial charge on any atom is 0.123 e. The number of halogens is 1. The molecule has 2 atom stereocenters. The van der Waals surface area contributed by atoms with Gasteiger partial charge in [0.05, 0.1) is 6.10 Å². The summed E-state index contributed by atoms with van der Waals surface area (Å²) in [6, 6.07) is 6.37. The molecule has 0 radical (unpaired) electrons. The highest BCUT2D eigenvalue weighted by Gasteiger charge is 2.12. The van der Waals surface area contributed by atoms with Crippen molar-refractivity contribution in [3.63, 3.8) is 0 Å². The Labute approximate surface area is 83.6 Å². The third-order valence-corrected chi connectivity index (χ3v) is 2.23. The Hall–Kier alpha value is -0.930. The second-order valence-electron chi connectivity index (χ2n) is 3.57. The summed E-state index contributed by atoms with van der Waals surface area (Å²) in [5.41, 5.74) is 6.42. The predicted molar refractivity (Wildman–Crippen MR) is 54.5 cm³/mol. The molecule has 14 heavy (non-hydrogen) atoms. The molecule has 1 aromatic carbocycles. The van der Waals surface area contributed by atoms with E-state index in [1.165, 1.54) is 12.1 Å². The van der Waals surface area contributed by atoms with E-state index in [2.05, 4.69) is 0 Å². The van der Waals surface area contributed by atoms with Gasteiger partial charge in [-0.1, -0.05) is 12.1 Å². The van der Waals surface area contributed by atoms with Crippen LogP contribution in [0.4, 0.5) is 4.39 Å². The van der Waals surface area contributed by atoms with Gasteiger partial charge in [-0.2, -0.15) is 0 Å². The van der Waals surface area contributed by atoms with Gasteiger partial charge < -0.3 is 10.8 Å². The van der Waals surface area contributed by atoms with Gasteiger partial charge in [0.1, 0.15) is 5.82 Å². The van der Waals surface area contributed by atoms with Crippen molar-refractivity contribution in [2.24, 2.45) is 5.73 Å². The van der Waals surface area contributed by atoms with Gasteiger partial charge in [0.15, 0.2) is 0 Å². The maximum absolute atomic E-state index is 12.9. The van der Waals surface area contributed by atoms with Crippen LogP contribution in [0.5, 0.6) is 0 Å². The summed E-state index contributed by atoms with van der Waals surface area (Å²) in [4.78, 5) is 0. The topological polar surface area (TPSA) is 46.2 Å². The number of hydrogen-bond donors (Lipinski definition) is 2. The minimum atomic E-state index is -0.410. The third kappa shape index (κ3) is 3.09. The Morgan fingerprint density at radius 2 is 2.21 bits per heavy atom. The number of rotatable bonds is 4. The Morgan fingerprint density at radius 3 is 2.71 bits per heavy atom. The first-order valence-electron chi connectivity index (χ1n) is 4.77. The van der Waals surface area contributed by atoms with Crippen LogP contribution in [0.2, 0.25) is 0 Å². The van der Waals surface area contributed by atoms with E-state index in [0.29, 0.717) is 13.0 Å². The summed E-state index contributed by atoms with van der Waals surface area (Å²) in [6.07, 6.45) is 0.159. The fraction of sp³-hybridized carbons (Fsp3) is 0.455. The first-order valence-corrected chi connectivity index (χ1v) is 4.77. The largest absolute Gasteiger partial charge is 0.393 e. The number of aliphatic hydroxyl groups is 1. The second kappa shape index (κ2) is 5.08. The highest BCUT2D eigenvalue weighted by Crippen LogP contribution is 2.20. The van der Waals surface area contributed by atoms with Crippen molar-refractivity contribution in [3.05, 3.63) is 35.6 Å². The van der Waals surface area contributed by atoms with Crippen molar-refractivity contribution in [1.82, 2.24) is 0 Å². The highest BCUT2D eigenvalue weighted by atomic mass is 19.1. The van der Waals surface area contributed by atoms with Crippen molar-refractivity contribution >= 4 is 0 Å². The smallest absolute Gasteiger partial charge is 0.123 e. The van der Waals surface area contributed by atoms with E-state index in [1.54, 1.807) is 13.0 Å². The van der Waals surface area contributed by atoms with Crippen LogP contribution in [-0.4, -0.2) is 17.8 Å². The normalized spacial score (nSPS) is 15.1. The summed E-state index contributed by atoms with van der Waals surface area (Å²) < 4.78 is 12.9. The molecule has 78 valence electrons. The van der Waals surface area contributed by atoms with Crippen molar-refractivity contribution < 1.29 is 9.50 Å². The molecule has 3 N–H and O–H groups in total. The summed E-state index contributed by atoms with van der Waals surface area (Å²) >= 11 is 0. The minimum absolute atomic E-state index is 0.0331. The lowest BCUT2D eigenvalue weighted by molar-refractivity contribution is 0.175. The average Bonchev–Trinajstić information content (AvgIpc) is 2.14. The SMILES string of the molecule is CC(O)CC(CN)c1cccc(F)c1. The summed E-state index contributed by atoms with van der Waals surface area (Å²) in [7, 11) is 0. The van der Waals surface area contributed by atoms with Crippen LogP contribution in [0, 0.1) is 5.82 Å². The Bertz CT molecular complexity index is 288. The molecule has 0 amide bonds. The van der Waals surface area contributed by atoms with Crippen LogP contribution >= 0.6 is 0 Å². The fourth-order valence-corrected chi connectivity index (χ4v) is 1.54. The van der Waals surface area contributed by atoms with Gasteiger partial charge in [0.25, 0.3) is 0 Å². The lowest BCUT2D eigenvalue weighted by Gasteiger charge is -2.16. The molecule has 0 saturated heterocycles. The number of aliphatic hydroxyl groups excluding tert-OH is 1. The van der Waals surface area contributed by atoms with Crippen molar-refractivity contribution in [3.8, 4) is 0 Å². The summed E-state index contributed by atoms with van der Waals surface area (Å²) in [5, 5.41) is 9.24. The molecule has 0 fully saturated rings. The highest BCUT2D eigenvalue weighted by molar-refractivity contribution is 5.21. The molecule has 3 heteroatoms. The van der Waals surface area contributed by atoms with Crippen molar-refractivity contribution in [2.75, 3.05) is 6.54 Å². The van der Waals surface area contributed by atoms with E-state index in [-0.39, 0.29) is 11.7 Å². The number of nitrogens with two attached hydrogens (primary N) is 1.